The van der Waals surface area contributed by atoms with Gasteiger partial charge >= 0.3 is 0 Å². The van der Waals surface area contributed by atoms with Gasteiger partial charge in [0.25, 0.3) is 5.91 Å². The third-order valence-electron chi connectivity index (χ3n) is 3.98. The van der Waals surface area contributed by atoms with Crippen molar-refractivity contribution in [2.24, 2.45) is 0 Å². The van der Waals surface area contributed by atoms with Crippen LogP contribution in [0.5, 0.6) is 5.75 Å². The minimum absolute atomic E-state index is 0.213. The Morgan fingerprint density at radius 3 is 2.12 bits per heavy atom. The van der Waals surface area contributed by atoms with Crippen molar-refractivity contribution in [1.29, 1.82) is 0 Å². The molecule has 0 radical (unpaired) electrons. The maximum Gasteiger partial charge on any atom is 0.253 e. The third-order valence-corrected chi connectivity index (χ3v) is 4.31. The fraction of sp³-hybridized carbons (Fsp3) is 0.0952. The Hall–Kier alpha value is -2.78. The second-order valence-corrected chi connectivity index (χ2v) is 5.98. The lowest BCUT2D eigenvalue weighted by Gasteiger charge is -2.20. The molecular formula is C21H18ClNO2. The summed E-state index contributed by atoms with van der Waals surface area (Å²) in [4.78, 5) is 12.7. The minimum atomic E-state index is -0.282. The highest BCUT2D eigenvalue weighted by Gasteiger charge is 2.19. The lowest BCUT2D eigenvalue weighted by atomic mass is 9.98. The molecule has 0 unspecified atom stereocenters. The van der Waals surface area contributed by atoms with Gasteiger partial charge in [-0.1, -0.05) is 66.2 Å². The van der Waals surface area contributed by atoms with Gasteiger partial charge in [0.1, 0.15) is 5.75 Å². The molecule has 1 N–H and O–H groups in total. The highest BCUT2D eigenvalue weighted by atomic mass is 35.5. The fourth-order valence-electron chi connectivity index (χ4n) is 2.66. The van der Waals surface area contributed by atoms with Crippen LogP contribution in [0.1, 0.15) is 27.5 Å². The molecule has 0 fully saturated rings. The second kappa shape index (κ2) is 7.86. The van der Waals surface area contributed by atoms with Gasteiger partial charge in [0.05, 0.1) is 23.7 Å². The van der Waals surface area contributed by atoms with Crippen molar-refractivity contribution in [3.05, 3.63) is 101 Å². The van der Waals surface area contributed by atoms with Gasteiger partial charge in [0.2, 0.25) is 0 Å². The van der Waals surface area contributed by atoms with E-state index in [2.05, 4.69) is 5.32 Å². The quantitative estimate of drug-likeness (QED) is 0.712. The number of carbonyl (C=O) groups is 1. The van der Waals surface area contributed by atoms with Crippen molar-refractivity contribution in [3.8, 4) is 5.75 Å². The maximum atomic E-state index is 12.7. The van der Waals surface area contributed by atoms with Crippen LogP contribution in [0.15, 0.2) is 78.9 Å². The largest absolute Gasteiger partial charge is 0.497 e. The number of halogens is 1. The van der Waals surface area contributed by atoms with Crippen LogP contribution >= 0.6 is 11.6 Å². The fourth-order valence-corrected chi connectivity index (χ4v) is 2.88. The summed E-state index contributed by atoms with van der Waals surface area (Å²) in [6.45, 7) is 0. The molecule has 3 aromatic rings. The topological polar surface area (TPSA) is 38.3 Å². The molecule has 3 nitrogen and oxygen atoms in total. The van der Waals surface area contributed by atoms with Crippen LogP contribution in [0, 0.1) is 0 Å². The van der Waals surface area contributed by atoms with Gasteiger partial charge in [-0.25, -0.2) is 0 Å². The molecule has 126 valence electrons. The number of methoxy groups -OCH3 is 1. The van der Waals surface area contributed by atoms with Crippen LogP contribution in [0.25, 0.3) is 0 Å². The molecule has 0 bridgehead atoms. The lowest BCUT2D eigenvalue weighted by molar-refractivity contribution is 0.0943. The molecule has 0 aliphatic rings. The summed E-state index contributed by atoms with van der Waals surface area (Å²) < 4.78 is 5.22. The Balaban J connectivity index is 1.94. The number of hydrogen-bond acceptors (Lipinski definition) is 2. The van der Waals surface area contributed by atoms with Crippen molar-refractivity contribution >= 4 is 17.5 Å². The van der Waals surface area contributed by atoms with Crippen LogP contribution in [0.4, 0.5) is 0 Å². The van der Waals surface area contributed by atoms with Crippen molar-refractivity contribution in [3.63, 3.8) is 0 Å². The first-order chi connectivity index (χ1) is 12.2. The molecule has 25 heavy (non-hydrogen) atoms. The molecule has 0 saturated heterocycles. The van der Waals surface area contributed by atoms with E-state index in [0.29, 0.717) is 10.6 Å². The van der Waals surface area contributed by atoms with Gasteiger partial charge in [0.15, 0.2) is 0 Å². The van der Waals surface area contributed by atoms with Crippen molar-refractivity contribution in [2.45, 2.75) is 6.04 Å². The first-order valence-corrected chi connectivity index (χ1v) is 8.31. The molecule has 0 aromatic heterocycles. The molecule has 3 rings (SSSR count). The Bertz CT molecular complexity index is 847. The summed E-state index contributed by atoms with van der Waals surface area (Å²) in [5, 5.41) is 3.51. The SMILES string of the molecule is COc1ccc([C@H](NC(=O)c2ccccc2Cl)c2ccccc2)cc1. The molecule has 1 amide bonds. The van der Waals surface area contributed by atoms with Crippen LogP contribution in [0.3, 0.4) is 0 Å². The second-order valence-electron chi connectivity index (χ2n) is 5.57. The zero-order valence-electron chi connectivity index (χ0n) is 13.8. The zero-order chi connectivity index (χ0) is 17.6. The standard InChI is InChI=1S/C21H18ClNO2/c1-25-17-13-11-16(12-14-17)20(15-7-3-2-4-8-15)23-21(24)18-9-5-6-10-19(18)22/h2-14,20H,1H3,(H,23,24)/t20-/m1/s1. The number of carbonyl (C=O) groups excluding carboxylic acids is 1. The Kier molecular flexibility index (Phi) is 5.36. The molecular weight excluding hydrogens is 334 g/mol. The lowest BCUT2D eigenvalue weighted by Crippen LogP contribution is -2.29. The van der Waals surface area contributed by atoms with Gasteiger partial charge in [-0.3, -0.25) is 4.79 Å². The van der Waals surface area contributed by atoms with E-state index in [9.17, 15) is 4.79 Å². The van der Waals surface area contributed by atoms with E-state index in [-0.39, 0.29) is 11.9 Å². The van der Waals surface area contributed by atoms with Crippen LogP contribution in [-0.2, 0) is 0 Å². The van der Waals surface area contributed by atoms with E-state index in [0.717, 1.165) is 16.9 Å². The maximum absolute atomic E-state index is 12.7. The number of ether oxygens (including phenoxy) is 1. The van der Waals surface area contributed by atoms with E-state index in [4.69, 9.17) is 16.3 Å². The normalized spacial score (nSPS) is 11.6. The van der Waals surface area contributed by atoms with Crippen molar-refractivity contribution in [1.82, 2.24) is 5.32 Å². The Morgan fingerprint density at radius 2 is 1.48 bits per heavy atom. The molecule has 0 aliphatic carbocycles. The molecule has 3 aromatic carbocycles. The Labute approximate surface area is 152 Å². The van der Waals surface area contributed by atoms with Gasteiger partial charge < -0.3 is 10.1 Å². The van der Waals surface area contributed by atoms with E-state index in [1.807, 2.05) is 54.6 Å². The summed E-state index contributed by atoms with van der Waals surface area (Å²) in [6.07, 6.45) is 0. The monoisotopic (exact) mass is 351 g/mol. The summed E-state index contributed by atoms with van der Waals surface area (Å²) in [7, 11) is 1.63. The number of hydrogen-bond donors (Lipinski definition) is 1. The van der Waals surface area contributed by atoms with Gasteiger partial charge in [-0.05, 0) is 35.4 Å². The number of amides is 1. The molecule has 0 aliphatic heterocycles. The number of rotatable bonds is 5. The van der Waals surface area contributed by atoms with E-state index >= 15 is 0 Å². The average Bonchev–Trinajstić information content (AvgIpc) is 2.67. The van der Waals surface area contributed by atoms with Crippen molar-refractivity contribution in [2.75, 3.05) is 7.11 Å². The predicted octanol–water partition coefficient (Wildman–Crippen LogP) is 4.87. The van der Waals surface area contributed by atoms with E-state index in [1.165, 1.54) is 0 Å². The highest BCUT2D eigenvalue weighted by molar-refractivity contribution is 6.33. The zero-order valence-corrected chi connectivity index (χ0v) is 14.5. The van der Waals surface area contributed by atoms with Crippen LogP contribution in [-0.4, -0.2) is 13.0 Å². The van der Waals surface area contributed by atoms with E-state index < -0.39 is 0 Å². The summed E-state index contributed by atoms with van der Waals surface area (Å²) in [5.74, 6) is 0.559. The molecule has 4 heteroatoms. The smallest absolute Gasteiger partial charge is 0.253 e. The molecule has 0 saturated carbocycles. The minimum Gasteiger partial charge on any atom is -0.497 e. The summed E-state index contributed by atoms with van der Waals surface area (Å²) >= 11 is 6.16. The van der Waals surface area contributed by atoms with Crippen LogP contribution < -0.4 is 10.1 Å². The van der Waals surface area contributed by atoms with Gasteiger partial charge in [-0.15, -0.1) is 0 Å². The van der Waals surface area contributed by atoms with E-state index in [1.54, 1.807) is 31.4 Å². The van der Waals surface area contributed by atoms with Crippen LogP contribution in [0.2, 0.25) is 5.02 Å². The average molecular weight is 352 g/mol. The van der Waals surface area contributed by atoms with Gasteiger partial charge in [-0.2, -0.15) is 0 Å². The Morgan fingerprint density at radius 1 is 0.880 bits per heavy atom. The van der Waals surface area contributed by atoms with Crippen molar-refractivity contribution < 1.29 is 9.53 Å². The first kappa shape index (κ1) is 17.1. The molecule has 0 heterocycles. The number of benzene rings is 3. The summed E-state index contributed by atoms with van der Waals surface area (Å²) in [6, 6.07) is 24.2. The highest BCUT2D eigenvalue weighted by Crippen LogP contribution is 2.25. The number of nitrogens with one attached hydrogen (secondary N) is 1. The first-order valence-electron chi connectivity index (χ1n) is 7.93. The predicted molar refractivity (Wildman–Crippen MR) is 100 cm³/mol. The summed E-state index contributed by atoms with van der Waals surface area (Å²) in [5.41, 5.74) is 2.42. The van der Waals surface area contributed by atoms with Gasteiger partial charge in [0, 0.05) is 0 Å². The molecule has 0 spiro atoms. The third kappa shape index (κ3) is 4.01. The molecule has 1 atom stereocenters.